The van der Waals surface area contributed by atoms with Crippen molar-refractivity contribution in [2.24, 2.45) is 5.14 Å². The summed E-state index contributed by atoms with van der Waals surface area (Å²) in [5, 5.41) is 7.77. The zero-order valence-corrected chi connectivity index (χ0v) is 13.3. The Morgan fingerprint density at radius 3 is 2.14 bits per heavy atom. The minimum atomic E-state index is -3.69. The van der Waals surface area contributed by atoms with Gasteiger partial charge < -0.3 is 5.32 Å². The van der Waals surface area contributed by atoms with Crippen LogP contribution in [0.1, 0.15) is 15.9 Å². The zero-order chi connectivity index (χ0) is 15.5. The molecule has 110 valence electrons. The van der Waals surface area contributed by atoms with Crippen molar-refractivity contribution >= 4 is 31.9 Å². The number of amides is 1. The molecule has 0 saturated carbocycles. The lowest BCUT2D eigenvalue weighted by molar-refractivity contribution is 0.0951. The van der Waals surface area contributed by atoms with Gasteiger partial charge >= 0.3 is 0 Å². The van der Waals surface area contributed by atoms with E-state index in [2.05, 4.69) is 21.2 Å². The van der Waals surface area contributed by atoms with E-state index in [4.69, 9.17) is 5.14 Å². The Balaban J connectivity index is 2.00. The first kappa shape index (κ1) is 15.7. The number of nitrogens with two attached hydrogens (primary N) is 1. The third kappa shape index (κ3) is 4.38. The molecule has 1 amide bonds. The van der Waals surface area contributed by atoms with E-state index >= 15 is 0 Å². The van der Waals surface area contributed by atoms with Crippen molar-refractivity contribution < 1.29 is 13.2 Å². The van der Waals surface area contributed by atoms with Crippen LogP contribution >= 0.6 is 15.9 Å². The summed E-state index contributed by atoms with van der Waals surface area (Å²) < 4.78 is 23.2. The van der Waals surface area contributed by atoms with Gasteiger partial charge in [0.15, 0.2) is 0 Å². The fourth-order valence-corrected chi connectivity index (χ4v) is 2.46. The molecule has 0 atom stereocenters. The number of hydrogen-bond donors (Lipinski definition) is 2. The van der Waals surface area contributed by atoms with Crippen LogP contribution in [0, 0.1) is 0 Å². The summed E-state index contributed by atoms with van der Waals surface area (Å²) in [6.45, 7) is 0.305. The van der Waals surface area contributed by atoms with Crippen LogP contribution in [0.3, 0.4) is 0 Å². The second-order valence-corrected chi connectivity index (χ2v) is 6.86. The lowest BCUT2D eigenvalue weighted by Crippen LogP contribution is -2.22. The topological polar surface area (TPSA) is 89.3 Å². The summed E-state index contributed by atoms with van der Waals surface area (Å²) >= 11 is 3.30. The summed E-state index contributed by atoms with van der Waals surface area (Å²) in [5.74, 6) is -0.196. The van der Waals surface area contributed by atoms with Gasteiger partial charge in [-0.2, -0.15) is 0 Å². The fourth-order valence-electron chi connectivity index (χ4n) is 1.68. The Morgan fingerprint density at radius 2 is 1.62 bits per heavy atom. The minimum absolute atomic E-state index is 0.0467. The molecule has 3 N–H and O–H groups in total. The molecule has 0 radical (unpaired) electrons. The number of nitrogens with one attached hydrogen (secondary N) is 1. The van der Waals surface area contributed by atoms with Gasteiger partial charge in [-0.1, -0.05) is 28.1 Å². The van der Waals surface area contributed by atoms with Crippen LogP contribution in [-0.2, 0) is 16.6 Å². The second kappa shape index (κ2) is 6.38. The van der Waals surface area contributed by atoms with Crippen molar-refractivity contribution in [3.05, 3.63) is 64.1 Å². The molecule has 0 bridgehead atoms. The Morgan fingerprint density at radius 1 is 1.05 bits per heavy atom. The second-order valence-electron chi connectivity index (χ2n) is 4.38. The number of benzene rings is 2. The van der Waals surface area contributed by atoms with Crippen LogP contribution in [0.15, 0.2) is 57.9 Å². The summed E-state index contributed by atoms with van der Waals surface area (Å²) in [5.41, 5.74) is 1.34. The summed E-state index contributed by atoms with van der Waals surface area (Å²) in [7, 11) is -3.69. The third-order valence-corrected chi connectivity index (χ3v) is 4.27. The molecule has 0 unspecified atom stereocenters. The minimum Gasteiger partial charge on any atom is -0.348 e. The van der Waals surface area contributed by atoms with Crippen LogP contribution in [0.2, 0.25) is 0 Å². The number of carbonyl (C=O) groups is 1. The monoisotopic (exact) mass is 368 g/mol. The van der Waals surface area contributed by atoms with E-state index < -0.39 is 10.0 Å². The molecule has 0 aliphatic rings. The normalized spacial score (nSPS) is 11.1. The smallest absolute Gasteiger partial charge is 0.251 e. The summed E-state index contributed by atoms with van der Waals surface area (Å²) in [4.78, 5) is 12.0. The van der Waals surface area contributed by atoms with Crippen LogP contribution < -0.4 is 10.5 Å². The predicted octanol–water partition coefficient (Wildman–Crippen LogP) is 2.03. The van der Waals surface area contributed by atoms with Gasteiger partial charge in [-0.05, 0) is 42.0 Å². The maximum absolute atomic E-state index is 11.9. The van der Waals surface area contributed by atoms with E-state index in [0.29, 0.717) is 12.1 Å². The van der Waals surface area contributed by atoms with E-state index in [1.807, 2.05) is 0 Å². The van der Waals surface area contributed by atoms with Gasteiger partial charge in [0, 0.05) is 16.6 Å². The quantitative estimate of drug-likeness (QED) is 0.864. The largest absolute Gasteiger partial charge is 0.348 e. The molecule has 5 nitrogen and oxygen atoms in total. The Hall–Kier alpha value is -1.70. The zero-order valence-electron chi connectivity index (χ0n) is 10.9. The van der Waals surface area contributed by atoms with Crippen LogP contribution in [0.5, 0.6) is 0 Å². The van der Waals surface area contributed by atoms with Crippen molar-refractivity contribution in [1.29, 1.82) is 0 Å². The van der Waals surface area contributed by atoms with Crippen molar-refractivity contribution in [2.75, 3.05) is 0 Å². The molecule has 0 heterocycles. The molecule has 0 fully saturated rings. The predicted molar refractivity (Wildman–Crippen MR) is 83.1 cm³/mol. The summed E-state index contributed by atoms with van der Waals surface area (Å²) in [6, 6.07) is 13.1. The Bertz CT molecular complexity index is 741. The number of primary sulfonamides is 1. The lowest BCUT2D eigenvalue weighted by Gasteiger charge is -2.06. The van der Waals surface area contributed by atoms with Gasteiger partial charge in [-0.3, -0.25) is 4.79 Å². The van der Waals surface area contributed by atoms with Crippen LogP contribution in [-0.4, -0.2) is 14.3 Å². The van der Waals surface area contributed by atoms with Crippen molar-refractivity contribution in [3.8, 4) is 0 Å². The van der Waals surface area contributed by atoms with E-state index in [1.165, 1.54) is 12.1 Å². The molecule has 0 aromatic heterocycles. The average Bonchev–Trinajstić information content (AvgIpc) is 2.45. The Labute approximate surface area is 131 Å². The van der Waals surface area contributed by atoms with Crippen LogP contribution in [0.25, 0.3) is 0 Å². The summed E-state index contributed by atoms with van der Waals surface area (Å²) in [6.07, 6.45) is 0. The highest BCUT2D eigenvalue weighted by atomic mass is 79.9. The number of sulfonamides is 1. The first-order valence-electron chi connectivity index (χ1n) is 6.02. The van der Waals surface area contributed by atoms with E-state index in [9.17, 15) is 13.2 Å². The SMILES string of the molecule is NS(=O)(=O)c1ccc(CNC(=O)c2ccc(Br)cc2)cc1. The number of carbonyl (C=O) groups excluding carboxylic acids is 1. The highest BCUT2D eigenvalue weighted by molar-refractivity contribution is 9.10. The van der Waals surface area contributed by atoms with E-state index in [1.54, 1.807) is 36.4 Å². The van der Waals surface area contributed by atoms with Gasteiger partial charge in [-0.25, -0.2) is 13.6 Å². The van der Waals surface area contributed by atoms with Crippen molar-refractivity contribution in [2.45, 2.75) is 11.4 Å². The molecular weight excluding hydrogens is 356 g/mol. The van der Waals surface area contributed by atoms with Gasteiger partial charge in [0.25, 0.3) is 5.91 Å². The van der Waals surface area contributed by atoms with Crippen molar-refractivity contribution in [3.63, 3.8) is 0 Å². The number of halogens is 1. The molecule has 0 spiro atoms. The first-order valence-corrected chi connectivity index (χ1v) is 8.36. The molecule has 0 saturated heterocycles. The maximum Gasteiger partial charge on any atom is 0.251 e. The molecule has 7 heteroatoms. The Kier molecular flexibility index (Phi) is 4.76. The average molecular weight is 369 g/mol. The highest BCUT2D eigenvalue weighted by Crippen LogP contribution is 2.11. The van der Waals surface area contributed by atoms with Gasteiger partial charge in [0.2, 0.25) is 10.0 Å². The third-order valence-electron chi connectivity index (χ3n) is 2.81. The molecule has 0 aliphatic carbocycles. The molecule has 2 aromatic rings. The number of rotatable bonds is 4. The first-order chi connectivity index (χ1) is 9.86. The molecule has 2 aromatic carbocycles. The molecule has 21 heavy (non-hydrogen) atoms. The van der Waals surface area contributed by atoms with Gasteiger partial charge in [0.1, 0.15) is 0 Å². The van der Waals surface area contributed by atoms with E-state index in [-0.39, 0.29) is 10.8 Å². The van der Waals surface area contributed by atoms with E-state index in [0.717, 1.165) is 10.0 Å². The molecular formula is C14H13BrN2O3S. The molecule has 0 aliphatic heterocycles. The standard InChI is InChI=1S/C14H13BrN2O3S/c15-12-5-3-11(4-6-12)14(18)17-9-10-1-7-13(8-2-10)21(16,19)20/h1-8H,9H2,(H,17,18)(H2,16,19,20). The maximum atomic E-state index is 11.9. The lowest BCUT2D eigenvalue weighted by atomic mass is 10.2. The van der Waals surface area contributed by atoms with Crippen LogP contribution in [0.4, 0.5) is 0 Å². The fraction of sp³-hybridized carbons (Fsp3) is 0.0714. The number of hydrogen-bond acceptors (Lipinski definition) is 3. The van der Waals surface area contributed by atoms with Gasteiger partial charge in [0.05, 0.1) is 4.90 Å². The highest BCUT2D eigenvalue weighted by Gasteiger charge is 2.08. The van der Waals surface area contributed by atoms with Crippen molar-refractivity contribution in [1.82, 2.24) is 5.32 Å². The van der Waals surface area contributed by atoms with Gasteiger partial charge in [-0.15, -0.1) is 0 Å². The molecule has 2 rings (SSSR count).